The SMILES string of the molecule is CCNC(=NCC(O)c1ccc(C(C)(C)C)cc1)NCCCc1nnc2ccccn12.I. The standard InChI is InChI=1S/C24H34N6O.HI/c1-5-25-23(26-15-8-10-22-29-28-21-9-6-7-16-30(21)22)27-17-20(31)18-11-13-19(14-12-18)24(2,3)4;/h6-7,9,11-14,16,20,31H,5,8,10,15,17H2,1-4H3,(H2,25,26,27);1H. The van der Waals surface area contributed by atoms with E-state index in [1.165, 1.54) is 5.56 Å². The van der Waals surface area contributed by atoms with Gasteiger partial charge in [0.1, 0.15) is 5.82 Å². The van der Waals surface area contributed by atoms with E-state index in [0.717, 1.165) is 43.0 Å². The third-order valence-corrected chi connectivity index (χ3v) is 5.18. The number of hydrogen-bond donors (Lipinski definition) is 3. The number of halogens is 1. The number of hydrogen-bond acceptors (Lipinski definition) is 4. The molecule has 1 aromatic carbocycles. The van der Waals surface area contributed by atoms with Gasteiger partial charge in [-0.3, -0.25) is 9.39 Å². The lowest BCUT2D eigenvalue weighted by atomic mass is 9.86. The maximum absolute atomic E-state index is 10.5. The Morgan fingerprint density at radius 3 is 2.53 bits per heavy atom. The molecule has 174 valence electrons. The van der Waals surface area contributed by atoms with Crippen molar-refractivity contribution >= 4 is 35.6 Å². The van der Waals surface area contributed by atoms with Gasteiger partial charge in [-0.25, -0.2) is 0 Å². The Hall–Kier alpha value is -2.20. The molecule has 0 aliphatic heterocycles. The van der Waals surface area contributed by atoms with E-state index in [1.807, 2.05) is 47.9 Å². The molecule has 2 aromatic heterocycles. The lowest BCUT2D eigenvalue weighted by molar-refractivity contribution is 0.187. The first-order valence-corrected chi connectivity index (χ1v) is 11.0. The molecule has 0 fully saturated rings. The van der Waals surface area contributed by atoms with Gasteiger partial charge in [-0.15, -0.1) is 34.2 Å². The van der Waals surface area contributed by atoms with Gasteiger partial charge < -0.3 is 15.7 Å². The molecule has 8 heteroatoms. The van der Waals surface area contributed by atoms with Crippen molar-refractivity contribution in [3.63, 3.8) is 0 Å². The Bertz CT molecular complexity index is 994. The summed E-state index contributed by atoms with van der Waals surface area (Å²) in [6.07, 6.45) is 3.07. The Morgan fingerprint density at radius 1 is 1.09 bits per heavy atom. The number of pyridine rings is 1. The van der Waals surface area contributed by atoms with Crippen LogP contribution in [0.25, 0.3) is 5.65 Å². The molecular formula is C24H35IN6O. The van der Waals surface area contributed by atoms with Crippen LogP contribution in [0.2, 0.25) is 0 Å². The van der Waals surface area contributed by atoms with Gasteiger partial charge in [0.25, 0.3) is 0 Å². The maximum atomic E-state index is 10.5. The van der Waals surface area contributed by atoms with Crippen LogP contribution in [-0.4, -0.2) is 45.3 Å². The average Bonchev–Trinajstić information content (AvgIpc) is 3.17. The van der Waals surface area contributed by atoms with E-state index >= 15 is 0 Å². The van der Waals surface area contributed by atoms with Crippen molar-refractivity contribution in [1.29, 1.82) is 0 Å². The second-order valence-corrected chi connectivity index (χ2v) is 8.68. The molecule has 0 aliphatic carbocycles. The third kappa shape index (κ3) is 7.16. The first kappa shape index (κ1) is 26.1. The Morgan fingerprint density at radius 2 is 1.84 bits per heavy atom. The summed E-state index contributed by atoms with van der Waals surface area (Å²) in [5.41, 5.74) is 3.10. The third-order valence-electron chi connectivity index (χ3n) is 5.18. The molecule has 3 rings (SSSR count). The van der Waals surface area contributed by atoms with Crippen molar-refractivity contribution in [2.24, 2.45) is 4.99 Å². The highest BCUT2D eigenvalue weighted by molar-refractivity contribution is 14.0. The minimum absolute atomic E-state index is 0. The molecule has 3 N–H and O–H groups in total. The highest BCUT2D eigenvalue weighted by Gasteiger charge is 2.14. The normalized spacial score (nSPS) is 13.0. The van der Waals surface area contributed by atoms with E-state index in [2.05, 4.69) is 58.7 Å². The van der Waals surface area contributed by atoms with Gasteiger partial charge in [-0.1, -0.05) is 51.1 Å². The first-order valence-electron chi connectivity index (χ1n) is 11.0. The van der Waals surface area contributed by atoms with Crippen LogP contribution in [0.15, 0.2) is 53.7 Å². The molecule has 32 heavy (non-hydrogen) atoms. The molecule has 0 radical (unpaired) electrons. The minimum Gasteiger partial charge on any atom is -0.386 e. The van der Waals surface area contributed by atoms with Gasteiger partial charge in [-0.05, 0) is 42.0 Å². The molecule has 0 bridgehead atoms. The summed E-state index contributed by atoms with van der Waals surface area (Å²) < 4.78 is 2.01. The molecule has 0 saturated carbocycles. The van der Waals surface area contributed by atoms with Crippen molar-refractivity contribution < 1.29 is 5.11 Å². The van der Waals surface area contributed by atoms with Crippen LogP contribution in [0.5, 0.6) is 0 Å². The number of aliphatic imine (C=N–C) groups is 1. The van der Waals surface area contributed by atoms with Gasteiger partial charge in [-0.2, -0.15) is 0 Å². The van der Waals surface area contributed by atoms with Crippen LogP contribution in [0, 0.1) is 0 Å². The summed E-state index contributed by atoms with van der Waals surface area (Å²) in [5, 5.41) is 25.6. The summed E-state index contributed by atoms with van der Waals surface area (Å²) in [7, 11) is 0. The summed E-state index contributed by atoms with van der Waals surface area (Å²) >= 11 is 0. The zero-order chi connectivity index (χ0) is 22.3. The summed E-state index contributed by atoms with van der Waals surface area (Å²) in [5.74, 6) is 1.66. The number of aliphatic hydroxyl groups excluding tert-OH is 1. The maximum Gasteiger partial charge on any atom is 0.191 e. The predicted octanol–water partition coefficient (Wildman–Crippen LogP) is 3.87. The van der Waals surface area contributed by atoms with Crippen LogP contribution in [0.4, 0.5) is 0 Å². The van der Waals surface area contributed by atoms with Crippen LogP contribution in [0.3, 0.4) is 0 Å². The van der Waals surface area contributed by atoms with E-state index in [4.69, 9.17) is 0 Å². The number of guanidine groups is 1. The molecule has 0 spiro atoms. The fourth-order valence-corrected chi connectivity index (χ4v) is 3.34. The van der Waals surface area contributed by atoms with E-state index in [1.54, 1.807) is 0 Å². The van der Waals surface area contributed by atoms with E-state index < -0.39 is 6.10 Å². The highest BCUT2D eigenvalue weighted by Crippen LogP contribution is 2.24. The van der Waals surface area contributed by atoms with Gasteiger partial charge >= 0.3 is 0 Å². The van der Waals surface area contributed by atoms with Gasteiger partial charge in [0.15, 0.2) is 11.6 Å². The van der Waals surface area contributed by atoms with E-state index in [-0.39, 0.29) is 29.4 Å². The number of aromatic nitrogens is 3. The second-order valence-electron chi connectivity index (χ2n) is 8.68. The molecule has 2 heterocycles. The number of rotatable bonds is 8. The van der Waals surface area contributed by atoms with Crippen molar-refractivity contribution in [2.75, 3.05) is 19.6 Å². The molecule has 0 aliphatic rings. The predicted molar refractivity (Wildman–Crippen MR) is 141 cm³/mol. The lowest BCUT2D eigenvalue weighted by Crippen LogP contribution is -2.38. The first-order chi connectivity index (χ1) is 14.9. The Balaban J connectivity index is 0.00000363. The quantitative estimate of drug-likeness (QED) is 0.172. The fraction of sp³-hybridized carbons (Fsp3) is 0.458. The molecular weight excluding hydrogens is 515 g/mol. The molecule has 0 saturated heterocycles. The summed E-state index contributed by atoms with van der Waals surface area (Å²) in [6, 6.07) is 14.0. The van der Waals surface area contributed by atoms with Crippen LogP contribution >= 0.6 is 24.0 Å². The zero-order valence-corrected chi connectivity index (χ0v) is 21.7. The van der Waals surface area contributed by atoms with E-state index in [9.17, 15) is 5.11 Å². The van der Waals surface area contributed by atoms with Crippen LogP contribution in [0.1, 0.15) is 57.2 Å². The summed E-state index contributed by atoms with van der Waals surface area (Å²) in [4.78, 5) is 4.56. The number of fused-ring (bicyclic) bond motifs is 1. The molecule has 1 atom stereocenters. The Labute approximate surface area is 207 Å². The number of aryl methyl sites for hydroxylation is 1. The monoisotopic (exact) mass is 550 g/mol. The van der Waals surface area contributed by atoms with Gasteiger partial charge in [0, 0.05) is 25.7 Å². The van der Waals surface area contributed by atoms with E-state index in [0.29, 0.717) is 12.5 Å². The molecule has 1 unspecified atom stereocenters. The van der Waals surface area contributed by atoms with Crippen LogP contribution < -0.4 is 10.6 Å². The van der Waals surface area contributed by atoms with Gasteiger partial charge in [0.2, 0.25) is 0 Å². The van der Waals surface area contributed by atoms with Crippen molar-refractivity contribution in [3.8, 4) is 0 Å². The number of nitrogens with zero attached hydrogens (tertiary/aromatic N) is 4. The topological polar surface area (TPSA) is 86.8 Å². The smallest absolute Gasteiger partial charge is 0.191 e. The largest absolute Gasteiger partial charge is 0.386 e. The second kappa shape index (κ2) is 12.2. The van der Waals surface area contributed by atoms with Crippen LogP contribution in [-0.2, 0) is 11.8 Å². The van der Waals surface area contributed by atoms with Crippen molar-refractivity contribution in [3.05, 3.63) is 65.6 Å². The summed E-state index contributed by atoms with van der Waals surface area (Å²) in [6.45, 7) is 10.4. The molecule has 0 amide bonds. The van der Waals surface area contributed by atoms with Crippen molar-refractivity contribution in [2.45, 2.75) is 52.1 Å². The number of nitrogens with one attached hydrogen (secondary N) is 2. The van der Waals surface area contributed by atoms with Gasteiger partial charge in [0.05, 0.1) is 12.6 Å². The highest BCUT2D eigenvalue weighted by atomic mass is 127. The lowest BCUT2D eigenvalue weighted by Gasteiger charge is -2.20. The Kier molecular flexibility index (Phi) is 9.89. The average molecular weight is 550 g/mol. The molecule has 7 nitrogen and oxygen atoms in total. The zero-order valence-electron chi connectivity index (χ0n) is 19.4. The number of aliphatic hydroxyl groups is 1. The fourth-order valence-electron chi connectivity index (χ4n) is 3.34. The molecule has 3 aromatic rings. The van der Waals surface area contributed by atoms with Crippen molar-refractivity contribution in [1.82, 2.24) is 25.2 Å². The minimum atomic E-state index is -0.633. The number of benzene rings is 1.